The van der Waals surface area contributed by atoms with Crippen molar-refractivity contribution in [3.05, 3.63) is 28.8 Å². The number of nitrogens with zero attached hydrogens (tertiary/aromatic N) is 1. The largest absolute Gasteiger partial charge is 0.493 e. The molecule has 1 fully saturated rings. The minimum atomic E-state index is -0.0349. The van der Waals surface area contributed by atoms with Gasteiger partial charge >= 0.3 is 0 Å². The van der Waals surface area contributed by atoms with E-state index in [-0.39, 0.29) is 5.91 Å². The van der Waals surface area contributed by atoms with Gasteiger partial charge in [-0.1, -0.05) is 11.6 Å². The Kier molecular flexibility index (Phi) is 6.10. The van der Waals surface area contributed by atoms with Gasteiger partial charge in [0.15, 0.2) is 11.5 Å². The molecule has 0 aliphatic carbocycles. The second-order valence-electron chi connectivity index (χ2n) is 4.74. The number of amides is 1. The maximum Gasteiger partial charge on any atom is 0.246 e. The molecule has 22 heavy (non-hydrogen) atoms. The molecule has 0 atom stereocenters. The van der Waals surface area contributed by atoms with Crippen molar-refractivity contribution in [1.29, 1.82) is 0 Å². The Bertz CT molecular complexity index is 553. The van der Waals surface area contributed by atoms with E-state index in [1.54, 1.807) is 30.2 Å². The Hall–Kier alpha value is -1.72. The van der Waals surface area contributed by atoms with Gasteiger partial charge in [-0.25, -0.2) is 0 Å². The molecule has 0 unspecified atom stereocenters. The first-order chi connectivity index (χ1) is 10.7. The molecule has 120 valence electrons. The molecule has 1 aliphatic heterocycles. The minimum Gasteiger partial charge on any atom is -0.493 e. The molecular formula is C16H20ClNO4. The number of benzene rings is 1. The Morgan fingerprint density at radius 3 is 2.77 bits per heavy atom. The number of morpholine rings is 1. The second-order valence-corrected chi connectivity index (χ2v) is 5.15. The average Bonchev–Trinajstić information content (AvgIpc) is 2.55. The van der Waals surface area contributed by atoms with E-state index in [9.17, 15) is 4.79 Å². The topological polar surface area (TPSA) is 48.0 Å². The first-order valence-electron chi connectivity index (χ1n) is 7.20. The molecule has 1 saturated heterocycles. The lowest BCUT2D eigenvalue weighted by Gasteiger charge is -2.25. The normalized spacial score (nSPS) is 15.1. The first-order valence-corrected chi connectivity index (χ1v) is 7.58. The van der Waals surface area contributed by atoms with Crippen molar-refractivity contribution >= 4 is 23.6 Å². The molecule has 1 heterocycles. The Labute approximate surface area is 135 Å². The summed E-state index contributed by atoms with van der Waals surface area (Å²) in [6.45, 7) is 4.79. The molecule has 0 bridgehead atoms. The number of carbonyl (C=O) groups is 1. The van der Waals surface area contributed by atoms with Gasteiger partial charge in [-0.2, -0.15) is 0 Å². The van der Waals surface area contributed by atoms with Crippen LogP contribution in [0.15, 0.2) is 18.2 Å². The Balaban J connectivity index is 2.13. The van der Waals surface area contributed by atoms with E-state index in [0.29, 0.717) is 49.4 Å². The number of rotatable bonds is 5. The van der Waals surface area contributed by atoms with Crippen LogP contribution in [0, 0.1) is 0 Å². The highest BCUT2D eigenvalue weighted by Gasteiger charge is 2.14. The molecular weight excluding hydrogens is 306 g/mol. The van der Waals surface area contributed by atoms with Crippen LogP contribution in [0.25, 0.3) is 6.08 Å². The molecule has 1 amide bonds. The highest BCUT2D eigenvalue weighted by molar-refractivity contribution is 6.32. The summed E-state index contributed by atoms with van der Waals surface area (Å²) >= 11 is 6.21. The van der Waals surface area contributed by atoms with Crippen LogP contribution in [0.2, 0.25) is 5.02 Å². The maximum atomic E-state index is 12.1. The molecule has 0 radical (unpaired) electrons. The predicted octanol–water partition coefficient (Wildman–Crippen LogP) is 2.62. The lowest BCUT2D eigenvalue weighted by molar-refractivity contribution is -0.129. The van der Waals surface area contributed by atoms with Crippen LogP contribution in [-0.4, -0.2) is 50.8 Å². The van der Waals surface area contributed by atoms with Gasteiger partial charge in [0.05, 0.1) is 32.0 Å². The van der Waals surface area contributed by atoms with Crippen molar-refractivity contribution in [2.75, 3.05) is 40.0 Å². The number of carbonyl (C=O) groups excluding carboxylic acids is 1. The number of hydrogen-bond donors (Lipinski definition) is 0. The van der Waals surface area contributed by atoms with Gasteiger partial charge < -0.3 is 19.1 Å². The third-order valence-corrected chi connectivity index (χ3v) is 3.56. The Morgan fingerprint density at radius 1 is 1.41 bits per heavy atom. The predicted molar refractivity (Wildman–Crippen MR) is 85.6 cm³/mol. The highest BCUT2D eigenvalue weighted by atomic mass is 35.5. The van der Waals surface area contributed by atoms with Crippen LogP contribution >= 0.6 is 11.6 Å². The zero-order chi connectivity index (χ0) is 15.9. The SMILES string of the molecule is CCOc1c(Cl)cc(C=CC(=O)N2CCOCC2)cc1OC. The van der Waals surface area contributed by atoms with Gasteiger partial charge in [-0.3, -0.25) is 4.79 Å². The summed E-state index contributed by atoms with van der Waals surface area (Å²) < 4.78 is 16.0. The van der Waals surface area contributed by atoms with Crippen molar-refractivity contribution in [2.45, 2.75) is 6.92 Å². The van der Waals surface area contributed by atoms with Crippen LogP contribution in [0.4, 0.5) is 0 Å². The van der Waals surface area contributed by atoms with Gasteiger partial charge in [-0.05, 0) is 30.7 Å². The van der Waals surface area contributed by atoms with Crippen LogP contribution < -0.4 is 9.47 Å². The Morgan fingerprint density at radius 2 is 2.14 bits per heavy atom. The molecule has 0 N–H and O–H groups in total. The summed E-state index contributed by atoms with van der Waals surface area (Å²) in [5.41, 5.74) is 0.784. The van der Waals surface area contributed by atoms with E-state index in [1.807, 2.05) is 6.92 Å². The smallest absolute Gasteiger partial charge is 0.246 e. The van der Waals surface area contributed by atoms with Crippen LogP contribution in [-0.2, 0) is 9.53 Å². The quantitative estimate of drug-likeness (QED) is 0.781. The summed E-state index contributed by atoms with van der Waals surface area (Å²) in [6, 6.07) is 3.54. The third kappa shape index (κ3) is 4.15. The fourth-order valence-corrected chi connectivity index (χ4v) is 2.45. The van der Waals surface area contributed by atoms with E-state index in [1.165, 1.54) is 6.08 Å². The number of methoxy groups -OCH3 is 1. The molecule has 0 aromatic heterocycles. The van der Waals surface area contributed by atoms with Crippen molar-refractivity contribution in [1.82, 2.24) is 4.90 Å². The summed E-state index contributed by atoms with van der Waals surface area (Å²) in [5.74, 6) is 1.03. The van der Waals surface area contributed by atoms with Crippen LogP contribution in [0.5, 0.6) is 11.5 Å². The van der Waals surface area contributed by atoms with E-state index in [4.69, 9.17) is 25.8 Å². The van der Waals surface area contributed by atoms with Gasteiger partial charge in [0.2, 0.25) is 5.91 Å². The number of halogens is 1. The fourth-order valence-electron chi connectivity index (χ4n) is 2.18. The monoisotopic (exact) mass is 325 g/mol. The van der Waals surface area contributed by atoms with Crippen molar-refractivity contribution in [2.24, 2.45) is 0 Å². The molecule has 1 aliphatic rings. The number of hydrogen-bond acceptors (Lipinski definition) is 4. The molecule has 1 aromatic carbocycles. The van der Waals surface area contributed by atoms with Crippen molar-refractivity contribution < 1.29 is 19.0 Å². The number of ether oxygens (including phenoxy) is 3. The summed E-state index contributed by atoms with van der Waals surface area (Å²) in [4.78, 5) is 13.8. The molecule has 6 heteroatoms. The van der Waals surface area contributed by atoms with Crippen LogP contribution in [0.1, 0.15) is 12.5 Å². The van der Waals surface area contributed by atoms with Gasteiger partial charge in [0.1, 0.15) is 0 Å². The standard InChI is InChI=1S/C16H20ClNO4/c1-3-22-16-13(17)10-12(11-14(16)20-2)4-5-15(19)18-6-8-21-9-7-18/h4-5,10-11H,3,6-9H2,1-2H3. The zero-order valence-corrected chi connectivity index (χ0v) is 13.6. The highest BCUT2D eigenvalue weighted by Crippen LogP contribution is 2.36. The van der Waals surface area contributed by atoms with E-state index >= 15 is 0 Å². The first kappa shape index (κ1) is 16.6. The van der Waals surface area contributed by atoms with Gasteiger partial charge in [0.25, 0.3) is 0 Å². The summed E-state index contributed by atoms with van der Waals surface area (Å²) in [7, 11) is 1.56. The van der Waals surface area contributed by atoms with Crippen LogP contribution in [0.3, 0.4) is 0 Å². The summed E-state index contributed by atoms with van der Waals surface area (Å²) in [6.07, 6.45) is 3.26. The van der Waals surface area contributed by atoms with E-state index < -0.39 is 0 Å². The van der Waals surface area contributed by atoms with Crippen molar-refractivity contribution in [3.63, 3.8) is 0 Å². The van der Waals surface area contributed by atoms with Crippen molar-refractivity contribution in [3.8, 4) is 11.5 Å². The third-order valence-electron chi connectivity index (χ3n) is 3.28. The second kappa shape index (κ2) is 8.06. The van der Waals surface area contributed by atoms with Gasteiger partial charge in [-0.15, -0.1) is 0 Å². The average molecular weight is 326 g/mol. The fraction of sp³-hybridized carbons (Fsp3) is 0.438. The molecule has 2 rings (SSSR count). The lowest BCUT2D eigenvalue weighted by atomic mass is 10.1. The maximum absolute atomic E-state index is 12.1. The van der Waals surface area contributed by atoms with E-state index in [2.05, 4.69) is 0 Å². The zero-order valence-electron chi connectivity index (χ0n) is 12.8. The molecule has 0 saturated carbocycles. The molecule has 5 nitrogen and oxygen atoms in total. The molecule has 0 spiro atoms. The lowest BCUT2D eigenvalue weighted by Crippen LogP contribution is -2.39. The van der Waals surface area contributed by atoms with Gasteiger partial charge in [0, 0.05) is 19.2 Å². The summed E-state index contributed by atoms with van der Waals surface area (Å²) in [5, 5.41) is 0.458. The minimum absolute atomic E-state index is 0.0349. The molecule has 1 aromatic rings. The van der Waals surface area contributed by atoms with E-state index in [0.717, 1.165) is 5.56 Å².